The number of nitrogens with zero attached hydrogens (tertiary/aromatic N) is 2. The van der Waals surface area contributed by atoms with E-state index in [1.165, 1.54) is 0 Å². The highest BCUT2D eigenvalue weighted by Gasteiger charge is 2.14. The third-order valence-corrected chi connectivity index (χ3v) is 3.34. The fourth-order valence-electron chi connectivity index (χ4n) is 2.30. The fraction of sp³-hybridized carbons (Fsp3) is 0.333. The van der Waals surface area contributed by atoms with Crippen LogP contribution < -0.4 is 11.1 Å². The van der Waals surface area contributed by atoms with Crippen molar-refractivity contribution >= 4 is 11.8 Å². The Morgan fingerprint density at radius 2 is 2.00 bits per heavy atom. The molecule has 0 aliphatic heterocycles. The molecule has 0 unspecified atom stereocenters. The summed E-state index contributed by atoms with van der Waals surface area (Å²) in [5.74, 6) is 1.25. The Kier molecular flexibility index (Phi) is 4.08. The van der Waals surface area contributed by atoms with Gasteiger partial charge in [-0.3, -0.25) is 0 Å². The number of aromatic nitrogens is 2. The van der Waals surface area contributed by atoms with Gasteiger partial charge in [-0.2, -0.15) is 4.98 Å². The summed E-state index contributed by atoms with van der Waals surface area (Å²) in [6.07, 6.45) is 0.821. The number of phenols is 1. The standard InChI is InChI=1S/C15H20N4O/c1-4-11-9(2)18-15(16)19-14(11)17-10(3)12-7-5-6-8-13(12)20/h5-8,10,20H,4H2,1-3H3,(H3,16,17,18,19)/t10-/m0/s1. The summed E-state index contributed by atoms with van der Waals surface area (Å²) >= 11 is 0. The molecule has 0 spiro atoms. The number of benzene rings is 1. The Labute approximate surface area is 118 Å². The predicted octanol–water partition coefficient (Wildman–Crippen LogP) is 2.81. The minimum atomic E-state index is -0.0739. The van der Waals surface area contributed by atoms with Crippen LogP contribution in [-0.2, 0) is 6.42 Å². The molecule has 1 aromatic heterocycles. The number of para-hydroxylation sites is 1. The molecule has 1 aromatic carbocycles. The molecular weight excluding hydrogens is 252 g/mol. The van der Waals surface area contributed by atoms with Gasteiger partial charge in [-0.1, -0.05) is 25.1 Å². The lowest BCUT2D eigenvalue weighted by Crippen LogP contribution is -2.13. The average Bonchev–Trinajstić information content (AvgIpc) is 2.38. The van der Waals surface area contributed by atoms with Crippen LogP contribution in [0, 0.1) is 6.92 Å². The molecule has 0 bridgehead atoms. The Bertz CT molecular complexity index is 613. The first-order valence-electron chi connectivity index (χ1n) is 6.70. The van der Waals surface area contributed by atoms with Crippen molar-refractivity contribution in [3.8, 4) is 5.75 Å². The number of aryl methyl sites for hydroxylation is 1. The van der Waals surface area contributed by atoms with E-state index in [1.807, 2.05) is 26.0 Å². The molecular formula is C15H20N4O. The molecule has 4 N–H and O–H groups in total. The van der Waals surface area contributed by atoms with Gasteiger partial charge in [0.2, 0.25) is 5.95 Å². The first kappa shape index (κ1) is 14.1. The van der Waals surface area contributed by atoms with Crippen LogP contribution in [0.3, 0.4) is 0 Å². The lowest BCUT2D eigenvalue weighted by atomic mass is 10.1. The highest BCUT2D eigenvalue weighted by atomic mass is 16.3. The van der Waals surface area contributed by atoms with Gasteiger partial charge in [0.05, 0.1) is 6.04 Å². The Morgan fingerprint density at radius 3 is 2.65 bits per heavy atom. The van der Waals surface area contributed by atoms with E-state index in [2.05, 4.69) is 22.2 Å². The van der Waals surface area contributed by atoms with E-state index >= 15 is 0 Å². The van der Waals surface area contributed by atoms with Crippen LogP contribution in [0.4, 0.5) is 11.8 Å². The van der Waals surface area contributed by atoms with E-state index in [4.69, 9.17) is 5.73 Å². The van der Waals surface area contributed by atoms with Gasteiger partial charge in [0.15, 0.2) is 0 Å². The molecule has 0 saturated heterocycles. The molecule has 5 heteroatoms. The maximum absolute atomic E-state index is 9.90. The molecule has 5 nitrogen and oxygen atoms in total. The molecule has 0 aliphatic rings. The highest BCUT2D eigenvalue weighted by molar-refractivity contribution is 5.51. The lowest BCUT2D eigenvalue weighted by molar-refractivity contribution is 0.465. The zero-order valence-corrected chi connectivity index (χ0v) is 12.0. The number of aromatic hydroxyl groups is 1. The minimum Gasteiger partial charge on any atom is -0.508 e. The van der Waals surface area contributed by atoms with E-state index in [-0.39, 0.29) is 17.7 Å². The first-order valence-corrected chi connectivity index (χ1v) is 6.70. The normalized spacial score (nSPS) is 12.2. The topological polar surface area (TPSA) is 84.1 Å². The molecule has 106 valence electrons. The number of hydrogen-bond acceptors (Lipinski definition) is 5. The maximum Gasteiger partial charge on any atom is 0.222 e. The smallest absolute Gasteiger partial charge is 0.222 e. The quantitative estimate of drug-likeness (QED) is 0.797. The Hall–Kier alpha value is -2.30. The number of anilines is 2. The van der Waals surface area contributed by atoms with Crippen LogP contribution >= 0.6 is 0 Å². The van der Waals surface area contributed by atoms with Gasteiger partial charge >= 0.3 is 0 Å². The highest BCUT2D eigenvalue weighted by Crippen LogP contribution is 2.28. The molecule has 1 heterocycles. The van der Waals surface area contributed by atoms with Crippen molar-refractivity contribution in [1.29, 1.82) is 0 Å². The van der Waals surface area contributed by atoms with Crippen molar-refractivity contribution in [1.82, 2.24) is 9.97 Å². The summed E-state index contributed by atoms with van der Waals surface area (Å²) in [4.78, 5) is 8.45. The van der Waals surface area contributed by atoms with Gasteiger partial charge in [-0.05, 0) is 26.3 Å². The zero-order valence-electron chi connectivity index (χ0n) is 12.0. The second kappa shape index (κ2) is 5.77. The van der Waals surface area contributed by atoms with Crippen LogP contribution in [0.5, 0.6) is 5.75 Å². The molecule has 0 aliphatic carbocycles. The van der Waals surface area contributed by atoms with Gasteiger partial charge < -0.3 is 16.2 Å². The maximum atomic E-state index is 9.90. The van der Waals surface area contributed by atoms with E-state index in [0.29, 0.717) is 0 Å². The number of phenolic OH excluding ortho intramolecular Hbond substituents is 1. The van der Waals surface area contributed by atoms with Crippen LogP contribution in [0.15, 0.2) is 24.3 Å². The van der Waals surface area contributed by atoms with E-state index < -0.39 is 0 Å². The second-order valence-corrected chi connectivity index (χ2v) is 4.77. The van der Waals surface area contributed by atoms with Crippen molar-refractivity contribution in [3.63, 3.8) is 0 Å². The molecule has 0 saturated carbocycles. The third-order valence-electron chi connectivity index (χ3n) is 3.34. The van der Waals surface area contributed by atoms with Crippen molar-refractivity contribution < 1.29 is 5.11 Å². The van der Waals surface area contributed by atoms with E-state index in [9.17, 15) is 5.11 Å². The van der Waals surface area contributed by atoms with Crippen molar-refractivity contribution in [2.45, 2.75) is 33.2 Å². The van der Waals surface area contributed by atoms with Crippen molar-refractivity contribution in [2.75, 3.05) is 11.1 Å². The number of nitrogens with one attached hydrogen (secondary N) is 1. The number of nitrogens with two attached hydrogens (primary N) is 1. The molecule has 20 heavy (non-hydrogen) atoms. The Balaban J connectivity index is 2.33. The molecule has 0 radical (unpaired) electrons. The molecule has 2 aromatic rings. The van der Waals surface area contributed by atoms with Gasteiger partial charge in [0.25, 0.3) is 0 Å². The summed E-state index contributed by atoms with van der Waals surface area (Å²) in [5, 5.41) is 13.2. The van der Waals surface area contributed by atoms with Gasteiger partial charge in [-0.15, -0.1) is 0 Å². The summed E-state index contributed by atoms with van der Waals surface area (Å²) in [6, 6.07) is 7.18. The molecule has 1 atom stereocenters. The van der Waals surface area contributed by atoms with Gasteiger partial charge in [0, 0.05) is 16.8 Å². The summed E-state index contributed by atoms with van der Waals surface area (Å²) in [7, 11) is 0. The summed E-state index contributed by atoms with van der Waals surface area (Å²) < 4.78 is 0. The van der Waals surface area contributed by atoms with Crippen LogP contribution in [0.2, 0.25) is 0 Å². The van der Waals surface area contributed by atoms with E-state index in [1.54, 1.807) is 12.1 Å². The molecule has 0 fully saturated rings. The average molecular weight is 272 g/mol. The van der Waals surface area contributed by atoms with Crippen molar-refractivity contribution in [2.24, 2.45) is 0 Å². The number of hydrogen-bond donors (Lipinski definition) is 3. The molecule has 2 rings (SSSR count). The summed E-state index contributed by atoms with van der Waals surface area (Å²) in [6.45, 7) is 5.95. The monoisotopic (exact) mass is 272 g/mol. The van der Waals surface area contributed by atoms with Crippen LogP contribution in [0.25, 0.3) is 0 Å². The van der Waals surface area contributed by atoms with Gasteiger partial charge in [0.1, 0.15) is 11.6 Å². The Morgan fingerprint density at radius 1 is 1.30 bits per heavy atom. The number of nitrogen functional groups attached to an aromatic ring is 1. The van der Waals surface area contributed by atoms with Gasteiger partial charge in [-0.25, -0.2) is 4.98 Å². The molecule has 0 amide bonds. The van der Waals surface area contributed by atoms with Crippen LogP contribution in [0.1, 0.15) is 36.7 Å². The van der Waals surface area contributed by atoms with Crippen LogP contribution in [-0.4, -0.2) is 15.1 Å². The predicted molar refractivity (Wildman–Crippen MR) is 80.7 cm³/mol. The van der Waals surface area contributed by atoms with E-state index in [0.717, 1.165) is 29.1 Å². The zero-order chi connectivity index (χ0) is 14.7. The fourth-order valence-corrected chi connectivity index (χ4v) is 2.30. The largest absolute Gasteiger partial charge is 0.508 e. The lowest BCUT2D eigenvalue weighted by Gasteiger charge is -2.19. The summed E-state index contributed by atoms with van der Waals surface area (Å²) in [5.41, 5.74) is 8.46. The first-order chi connectivity index (χ1) is 9.52. The SMILES string of the molecule is CCc1c(C)nc(N)nc1N[C@@H](C)c1ccccc1O. The second-order valence-electron chi connectivity index (χ2n) is 4.77. The minimum absolute atomic E-state index is 0.0739. The number of rotatable bonds is 4. The van der Waals surface area contributed by atoms with Crippen molar-refractivity contribution in [3.05, 3.63) is 41.1 Å². The third kappa shape index (κ3) is 2.82.